The van der Waals surface area contributed by atoms with Gasteiger partial charge in [-0.1, -0.05) is 31.2 Å². The summed E-state index contributed by atoms with van der Waals surface area (Å²) >= 11 is 0. The Morgan fingerprint density at radius 1 is 1.23 bits per heavy atom. The van der Waals surface area contributed by atoms with Gasteiger partial charge in [-0.3, -0.25) is 0 Å². The lowest BCUT2D eigenvalue weighted by atomic mass is 9.80. The largest absolute Gasteiger partial charge is 0.388 e. The molecule has 0 bridgehead atoms. The smallest absolute Gasteiger partial charge is 0.0793 e. The van der Waals surface area contributed by atoms with Gasteiger partial charge in [0.2, 0.25) is 0 Å². The summed E-state index contributed by atoms with van der Waals surface area (Å²) in [5.74, 6) is 0.666. The fraction of sp³-hybridized carbons (Fsp3) is 0.500. The van der Waals surface area contributed by atoms with Crippen LogP contribution in [-0.4, -0.2) is 5.11 Å². The average molecular weight is 176 g/mol. The maximum Gasteiger partial charge on any atom is 0.0793 e. The fourth-order valence-corrected chi connectivity index (χ4v) is 2.28. The second-order valence-corrected chi connectivity index (χ2v) is 3.83. The molecule has 1 N–H and O–H groups in total. The molecule has 13 heavy (non-hydrogen) atoms. The first-order valence-electron chi connectivity index (χ1n) is 5.09. The molecule has 0 spiro atoms. The van der Waals surface area contributed by atoms with Crippen LogP contribution in [0.15, 0.2) is 24.3 Å². The molecule has 70 valence electrons. The van der Waals surface area contributed by atoms with Crippen molar-refractivity contribution < 1.29 is 5.11 Å². The molecule has 1 aromatic rings. The normalized spacial score (nSPS) is 26.9. The summed E-state index contributed by atoms with van der Waals surface area (Å²) < 4.78 is 0. The van der Waals surface area contributed by atoms with Gasteiger partial charge in [0.25, 0.3) is 0 Å². The predicted molar refractivity (Wildman–Crippen MR) is 53.7 cm³/mol. The summed E-state index contributed by atoms with van der Waals surface area (Å²) in [5.41, 5.74) is 2.52. The van der Waals surface area contributed by atoms with Crippen molar-refractivity contribution in [2.75, 3.05) is 0 Å². The van der Waals surface area contributed by atoms with Crippen LogP contribution in [0.25, 0.3) is 0 Å². The third-order valence-electron chi connectivity index (χ3n) is 3.08. The van der Waals surface area contributed by atoms with Crippen LogP contribution in [0, 0.1) is 0 Å². The molecule has 1 heteroatoms. The van der Waals surface area contributed by atoms with Gasteiger partial charge in [0.1, 0.15) is 0 Å². The van der Waals surface area contributed by atoms with Crippen LogP contribution in [0.1, 0.15) is 49.3 Å². The molecular formula is C12H16O. The second kappa shape index (κ2) is 3.51. The molecule has 0 radical (unpaired) electrons. The number of hydrogen-bond acceptors (Lipinski definition) is 1. The number of hydrogen-bond donors (Lipinski definition) is 1. The molecule has 1 aliphatic rings. The van der Waals surface area contributed by atoms with Gasteiger partial charge in [0, 0.05) is 0 Å². The Balaban J connectivity index is 2.42. The monoisotopic (exact) mass is 176 g/mol. The van der Waals surface area contributed by atoms with Gasteiger partial charge >= 0.3 is 0 Å². The van der Waals surface area contributed by atoms with E-state index < -0.39 is 0 Å². The first-order valence-corrected chi connectivity index (χ1v) is 5.09. The van der Waals surface area contributed by atoms with Gasteiger partial charge in [0.05, 0.1) is 6.10 Å². The zero-order valence-corrected chi connectivity index (χ0v) is 8.03. The maximum absolute atomic E-state index is 9.77. The third-order valence-corrected chi connectivity index (χ3v) is 3.08. The zero-order chi connectivity index (χ0) is 9.26. The molecule has 2 unspecified atom stereocenters. The van der Waals surface area contributed by atoms with E-state index in [1.54, 1.807) is 0 Å². The molecule has 0 heterocycles. The third kappa shape index (κ3) is 1.49. The van der Waals surface area contributed by atoms with E-state index in [1.807, 2.05) is 6.07 Å². The van der Waals surface area contributed by atoms with Crippen molar-refractivity contribution in [3.8, 4) is 0 Å². The van der Waals surface area contributed by atoms with Crippen LogP contribution >= 0.6 is 0 Å². The minimum Gasteiger partial charge on any atom is -0.388 e. The van der Waals surface area contributed by atoms with Gasteiger partial charge in [-0.15, -0.1) is 0 Å². The molecule has 1 aromatic carbocycles. The zero-order valence-electron chi connectivity index (χ0n) is 8.03. The minimum absolute atomic E-state index is 0.223. The van der Waals surface area contributed by atoms with Gasteiger partial charge in [-0.05, 0) is 36.3 Å². The standard InChI is InChI=1S/C12H16O/c1-2-9-7-8-12(13)11-6-4-3-5-10(9)11/h3-6,9,12-13H,2,7-8H2,1H3. The van der Waals surface area contributed by atoms with Crippen LogP contribution in [0.2, 0.25) is 0 Å². The molecule has 0 aromatic heterocycles. The fourth-order valence-electron chi connectivity index (χ4n) is 2.28. The highest BCUT2D eigenvalue weighted by Gasteiger charge is 2.23. The maximum atomic E-state index is 9.77. The highest BCUT2D eigenvalue weighted by molar-refractivity contribution is 5.34. The van der Waals surface area contributed by atoms with Crippen LogP contribution in [0.4, 0.5) is 0 Å². The van der Waals surface area contributed by atoms with Gasteiger partial charge < -0.3 is 5.11 Å². The number of rotatable bonds is 1. The number of fused-ring (bicyclic) bond motifs is 1. The number of aliphatic hydroxyl groups is 1. The Bertz CT molecular complexity index is 293. The van der Waals surface area contributed by atoms with Crippen molar-refractivity contribution in [1.29, 1.82) is 0 Å². The first kappa shape index (κ1) is 8.76. The molecule has 2 atom stereocenters. The summed E-state index contributed by atoms with van der Waals surface area (Å²) in [5, 5.41) is 9.77. The Morgan fingerprint density at radius 2 is 1.92 bits per heavy atom. The molecule has 1 nitrogen and oxygen atoms in total. The Kier molecular flexibility index (Phi) is 2.36. The van der Waals surface area contributed by atoms with Crippen LogP contribution in [0.3, 0.4) is 0 Å². The van der Waals surface area contributed by atoms with Gasteiger partial charge in [-0.25, -0.2) is 0 Å². The van der Waals surface area contributed by atoms with Crippen molar-refractivity contribution in [3.05, 3.63) is 35.4 Å². The lowest BCUT2D eigenvalue weighted by Crippen LogP contribution is -2.13. The van der Waals surface area contributed by atoms with Crippen molar-refractivity contribution in [1.82, 2.24) is 0 Å². The average Bonchev–Trinajstić information content (AvgIpc) is 2.19. The summed E-state index contributed by atoms with van der Waals surface area (Å²) in [6, 6.07) is 8.30. The predicted octanol–water partition coefficient (Wildman–Crippen LogP) is 3.01. The van der Waals surface area contributed by atoms with E-state index in [1.165, 1.54) is 12.0 Å². The van der Waals surface area contributed by atoms with E-state index in [9.17, 15) is 5.11 Å². The molecule has 0 fully saturated rings. The van der Waals surface area contributed by atoms with Crippen molar-refractivity contribution in [2.45, 2.75) is 38.2 Å². The van der Waals surface area contributed by atoms with Crippen LogP contribution < -0.4 is 0 Å². The Morgan fingerprint density at radius 3 is 2.62 bits per heavy atom. The van der Waals surface area contributed by atoms with E-state index in [-0.39, 0.29) is 6.10 Å². The summed E-state index contributed by atoms with van der Waals surface area (Å²) in [6.45, 7) is 2.22. The van der Waals surface area contributed by atoms with Crippen molar-refractivity contribution in [3.63, 3.8) is 0 Å². The van der Waals surface area contributed by atoms with Crippen LogP contribution in [-0.2, 0) is 0 Å². The lowest BCUT2D eigenvalue weighted by molar-refractivity contribution is 0.150. The quantitative estimate of drug-likeness (QED) is 0.697. The molecule has 2 rings (SSSR count). The SMILES string of the molecule is CCC1CCC(O)c2ccccc21. The van der Waals surface area contributed by atoms with E-state index in [4.69, 9.17) is 0 Å². The molecule has 0 amide bonds. The van der Waals surface area contributed by atoms with E-state index >= 15 is 0 Å². The highest BCUT2D eigenvalue weighted by Crippen LogP contribution is 2.38. The molecule has 0 aliphatic heterocycles. The van der Waals surface area contributed by atoms with Crippen molar-refractivity contribution in [2.24, 2.45) is 0 Å². The number of benzene rings is 1. The molecule has 0 saturated heterocycles. The second-order valence-electron chi connectivity index (χ2n) is 3.83. The Hall–Kier alpha value is -0.820. The topological polar surface area (TPSA) is 20.2 Å². The number of aliphatic hydroxyl groups excluding tert-OH is 1. The molecule has 1 aliphatic carbocycles. The summed E-state index contributed by atoms with van der Waals surface area (Å²) in [4.78, 5) is 0. The van der Waals surface area contributed by atoms with Gasteiger partial charge in [0.15, 0.2) is 0 Å². The summed E-state index contributed by atoms with van der Waals surface area (Å²) in [7, 11) is 0. The van der Waals surface area contributed by atoms with E-state index in [0.29, 0.717) is 5.92 Å². The van der Waals surface area contributed by atoms with Gasteiger partial charge in [-0.2, -0.15) is 0 Å². The molecular weight excluding hydrogens is 160 g/mol. The minimum atomic E-state index is -0.223. The van der Waals surface area contributed by atoms with Crippen LogP contribution in [0.5, 0.6) is 0 Å². The van der Waals surface area contributed by atoms with E-state index in [2.05, 4.69) is 25.1 Å². The molecule has 0 saturated carbocycles. The first-order chi connectivity index (χ1) is 6.33. The highest BCUT2D eigenvalue weighted by atomic mass is 16.3. The Labute approximate surface area is 79.4 Å². The van der Waals surface area contributed by atoms with E-state index in [0.717, 1.165) is 18.4 Å². The summed E-state index contributed by atoms with van der Waals surface area (Å²) in [6.07, 6.45) is 3.02. The van der Waals surface area contributed by atoms with Crippen molar-refractivity contribution >= 4 is 0 Å². The lowest BCUT2D eigenvalue weighted by Gasteiger charge is -2.28.